The number of hydrogen-bond donors (Lipinski definition) is 1. The van der Waals surface area contributed by atoms with Crippen molar-refractivity contribution in [2.24, 2.45) is 0 Å². The minimum absolute atomic E-state index is 0.143. The second-order valence-electron chi connectivity index (χ2n) is 5.33. The minimum Gasteiger partial charge on any atom is -0.324 e. The third-order valence-corrected chi connectivity index (χ3v) is 3.49. The Hall–Kier alpha value is -1.91. The Morgan fingerprint density at radius 1 is 1.23 bits per heavy atom. The van der Waals surface area contributed by atoms with Gasteiger partial charge in [0.25, 0.3) is 0 Å². The number of nitrogens with one attached hydrogen (secondary N) is 1. The number of anilines is 1. The summed E-state index contributed by atoms with van der Waals surface area (Å²) >= 11 is 6.09. The zero-order valence-corrected chi connectivity index (χ0v) is 13.3. The molecular formula is C17H18ClFN2O. The number of nitrogens with zero attached hydrogens (tertiary/aromatic N) is 1. The van der Waals surface area contributed by atoms with Gasteiger partial charge in [-0.15, -0.1) is 0 Å². The lowest BCUT2D eigenvalue weighted by Gasteiger charge is -2.17. The van der Waals surface area contributed by atoms with Crippen molar-refractivity contribution in [1.82, 2.24) is 4.90 Å². The maximum absolute atomic E-state index is 12.9. The van der Waals surface area contributed by atoms with Gasteiger partial charge < -0.3 is 5.32 Å². The van der Waals surface area contributed by atoms with Crippen molar-refractivity contribution in [3.8, 4) is 0 Å². The standard InChI is InChI=1S/C17H18ClFN2O/c1-12-3-8-16(15(18)9-12)20-17(22)11-21(2)10-13-4-6-14(19)7-5-13/h3-9H,10-11H2,1-2H3,(H,20,22). The average Bonchev–Trinajstić information content (AvgIpc) is 2.44. The molecule has 0 spiro atoms. The van der Waals surface area contributed by atoms with Gasteiger partial charge in [0.15, 0.2) is 0 Å². The van der Waals surface area contributed by atoms with E-state index in [0.717, 1.165) is 11.1 Å². The summed E-state index contributed by atoms with van der Waals surface area (Å²) in [5.41, 5.74) is 2.59. The van der Waals surface area contributed by atoms with Crippen LogP contribution in [0, 0.1) is 12.7 Å². The van der Waals surface area contributed by atoms with Gasteiger partial charge in [0.2, 0.25) is 5.91 Å². The largest absolute Gasteiger partial charge is 0.324 e. The van der Waals surface area contributed by atoms with Gasteiger partial charge in [-0.25, -0.2) is 4.39 Å². The zero-order chi connectivity index (χ0) is 16.1. The van der Waals surface area contributed by atoms with Crippen molar-refractivity contribution < 1.29 is 9.18 Å². The lowest BCUT2D eigenvalue weighted by atomic mass is 10.2. The molecule has 0 saturated heterocycles. The van der Waals surface area contributed by atoms with E-state index in [-0.39, 0.29) is 18.3 Å². The Morgan fingerprint density at radius 2 is 1.91 bits per heavy atom. The van der Waals surface area contributed by atoms with Gasteiger partial charge in [-0.1, -0.05) is 29.8 Å². The zero-order valence-electron chi connectivity index (χ0n) is 12.6. The first kappa shape index (κ1) is 16.5. The van der Waals surface area contributed by atoms with Crippen LogP contribution in [0.25, 0.3) is 0 Å². The number of rotatable bonds is 5. The van der Waals surface area contributed by atoms with Gasteiger partial charge in [0.05, 0.1) is 17.3 Å². The van der Waals surface area contributed by atoms with Crippen molar-refractivity contribution >= 4 is 23.2 Å². The maximum atomic E-state index is 12.9. The molecule has 0 aromatic heterocycles. The average molecular weight is 321 g/mol. The van der Waals surface area contributed by atoms with Crippen LogP contribution in [0.15, 0.2) is 42.5 Å². The predicted octanol–water partition coefficient (Wildman–Crippen LogP) is 3.86. The van der Waals surface area contributed by atoms with Crippen LogP contribution in [0.3, 0.4) is 0 Å². The molecule has 0 atom stereocenters. The van der Waals surface area contributed by atoms with Crippen molar-refractivity contribution in [2.75, 3.05) is 18.9 Å². The number of benzene rings is 2. The van der Waals surface area contributed by atoms with E-state index in [1.807, 2.05) is 24.9 Å². The third kappa shape index (κ3) is 4.83. The summed E-state index contributed by atoms with van der Waals surface area (Å²) in [5, 5.41) is 3.31. The summed E-state index contributed by atoms with van der Waals surface area (Å²) in [6.07, 6.45) is 0. The van der Waals surface area contributed by atoms with E-state index in [1.165, 1.54) is 12.1 Å². The first-order valence-electron chi connectivity index (χ1n) is 6.93. The number of likely N-dealkylation sites (N-methyl/N-ethyl adjacent to an activating group) is 1. The highest BCUT2D eigenvalue weighted by Crippen LogP contribution is 2.22. The molecule has 0 aliphatic rings. The molecule has 0 fully saturated rings. The first-order chi connectivity index (χ1) is 10.4. The molecule has 3 nitrogen and oxygen atoms in total. The number of halogens is 2. The summed E-state index contributed by atoms with van der Waals surface area (Å²) in [6, 6.07) is 11.7. The molecule has 0 aliphatic carbocycles. The second-order valence-corrected chi connectivity index (χ2v) is 5.74. The molecule has 2 aromatic carbocycles. The fourth-order valence-electron chi connectivity index (χ4n) is 2.11. The van der Waals surface area contributed by atoms with Crippen molar-refractivity contribution in [3.63, 3.8) is 0 Å². The molecule has 1 amide bonds. The van der Waals surface area contributed by atoms with E-state index < -0.39 is 0 Å². The van der Waals surface area contributed by atoms with Crippen LogP contribution >= 0.6 is 11.6 Å². The summed E-state index contributed by atoms with van der Waals surface area (Å²) in [7, 11) is 1.83. The predicted molar refractivity (Wildman–Crippen MR) is 87.6 cm³/mol. The number of hydrogen-bond acceptors (Lipinski definition) is 2. The molecule has 0 heterocycles. The topological polar surface area (TPSA) is 32.3 Å². The van der Waals surface area contributed by atoms with Crippen LogP contribution in [0.5, 0.6) is 0 Å². The normalized spacial score (nSPS) is 10.8. The lowest BCUT2D eigenvalue weighted by Crippen LogP contribution is -2.29. The lowest BCUT2D eigenvalue weighted by molar-refractivity contribution is -0.117. The molecule has 2 aromatic rings. The van der Waals surface area contributed by atoms with Crippen LogP contribution in [-0.4, -0.2) is 24.4 Å². The molecule has 0 saturated carbocycles. The van der Waals surface area contributed by atoms with E-state index in [0.29, 0.717) is 17.3 Å². The minimum atomic E-state index is -0.266. The fraction of sp³-hybridized carbons (Fsp3) is 0.235. The molecule has 0 unspecified atom stereocenters. The number of aryl methyl sites for hydroxylation is 1. The monoisotopic (exact) mass is 320 g/mol. The number of amides is 1. The van der Waals surface area contributed by atoms with E-state index in [2.05, 4.69) is 5.32 Å². The summed E-state index contributed by atoms with van der Waals surface area (Å²) < 4.78 is 12.9. The molecular weight excluding hydrogens is 303 g/mol. The Balaban J connectivity index is 1.89. The quantitative estimate of drug-likeness (QED) is 0.907. The Kier molecular flexibility index (Phi) is 5.52. The molecule has 116 valence electrons. The van der Waals surface area contributed by atoms with Crippen molar-refractivity contribution in [1.29, 1.82) is 0 Å². The number of carbonyl (C=O) groups is 1. The van der Waals surface area contributed by atoms with Crippen LogP contribution in [0.4, 0.5) is 10.1 Å². The van der Waals surface area contributed by atoms with Gasteiger partial charge in [0, 0.05) is 6.54 Å². The molecule has 1 N–H and O–H groups in total. The van der Waals surface area contributed by atoms with E-state index >= 15 is 0 Å². The van der Waals surface area contributed by atoms with Crippen molar-refractivity contribution in [2.45, 2.75) is 13.5 Å². The Bertz CT molecular complexity index is 658. The first-order valence-corrected chi connectivity index (χ1v) is 7.31. The van der Waals surface area contributed by atoms with Gasteiger partial charge >= 0.3 is 0 Å². The van der Waals surface area contributed by atoms with Crippen LogP contribution in [-0.2, 0) is 11.3 Å². The molecule has 0 radical (unpaired) electrons. The van der Waals surface area contributed by atoms with E-state index in [4.69, 9.17) is 11.6 Å². The van der Waals surface area contributed by atoms with E-state index in [1.54, 1.807) is 24.3 Å². The van der Waals surface area contributed by atoms with Crippen molar-refractivity contribution in [3.05, 3.63) is 64.4 Å². The van der Waals surface area contributed by atoms with Crippen LogP contribution in [0.1, 0.15) is 11.1 Å². The van der Waals surface area contributed by atoms with E-state index in [9.17, 15) is 9.18 Å². The molecule has 22 heavy (non-hydrogen) atoms. The molecule has 0 aliphatic heterocycles. The summed E-state index contributed by atoms with van der Waals surface area (Å²) in [5.74, 6) is -0.409. The Labute approximate surface area is 134 Å². The number of carbonyl (C=O) groups excluding carboxylic acids is 1. The third-order valence-electron chi connectivity index (χ3n) is 3.18. The summed E-state index contributed by atoms with van der Waals surface area (Å²) in [6.45, 7) is 2.73. The van der Waals surface area contributed by atoms with Gasteiger partial charge in [-0.05, 0) is 49.4 Å². The smallest absolute Gasteiger partial charge is 0.238 e. The van der Waals surface area contributed by atoms with Gasteiger partial charge in [-0.2, -0.15) is 0 Å². The maximum Gasteiger partial charge on any atom is 0.238 e. The molecule has 5 heteroatoms. The highest BCUT2D eigenvalue weighted by molar-refractivity contribution is 6.33. The second kappa shape index (κ2) is 7.38. The Morgan fingerprint density at radius 3 is 2.55 bits per heavy atom. The van der Waals surface area contributed by atoms with Crippen LogP contribution < -0.4 is 5.32 Å². The van der Waals surface area contributed by atoms with Gasteiger partial charge in [0.1, 0.15) is 5.82 Å². The molecule has 0 bridgehead atoms. The molecule has 2 rings (SSSR count). The van der Waals surface area contributed by atoms with Crippen LogP contribution in [0.2, 0.25) is 5.02 Å². The SMILES string of the molecule is Cc1ccc(NC(=O)CN(C)Cc2ccc(F)cc2)c(Cl)c1. The fourth-order valence-corrected chi connectivity index (χ4v) is 2.40. The summed E-state index contributed by atoms with van der Waals surface area (Å²) in [4.78, 5) is 13.9. The highest BCUT2D eigenvalue weighted by atomic mass is 35.5. The van der Waals surface area contributed by atoms with Gasteiger partial charge in [-0.3, -0.25) is 9.69 Å². The highest BCUT2D eigenvalue weighted by Gasteiger charge is 2.09.